The summed E-state index contributed by atoms with van der Waals surface area (Å²) in [5, 5.41) is 2.70. The van der Waals surface area contributed by atoms with E-state index in [1.165, 1.54) is 25.1 Å². The molecular weight excluding hydrogens is 335 g/mol. The molecule has 0 heterocycles. The van der Waals surface area contributed by atoms with Crippen LogP contribution < -0.4 is 10.2 Å². The molecule has 0 radical (unpaired) electrons. The highest BCUT2D eigenvalue weighted by atomic mass is 19.4. The van der Waals surface area contributed by atoms with E-state index >= 15 is 0 Å². The fraction of sp³-hybridized carbons (Fsp3) is 0.529. The van der Waals surface area contributed by atoms with Crippen LogP contribution in [0.3, 0.4) is 0 Å². The number of halogens is 3. The van der Waals surface area contributed by atoms with Gasteiger partial charge in [0.25, 0.3) is 0 Å². The molecule has 8 heteroatoms. The smallest absolute Gasteiger partial charge is 0.356 e. The number of carbonyl (C=O) groups is 2. The lowest BCUT2D eigenvalue weighted by atomic mass is 10.1. The molecule has 0 bridgehead atoms. The zero-order valence-corrected chi connectivity index (χ0v) is 14.7. The number of benzene rings is 1. The zero-order chi connectivity index (χ0) is 19.0. The Balaban J connectivity index is 2.71. The lowest BCUT2D eigenvalue weighted by Crippen LogP contribution is -2.35. The van der Waals surface area contributed by atoms with E-state index in [0.29, 0.717) is 6.54 Å². The van der Waals surface area contributed by atoms with E-state index in [9.17, 15) is 22.8 Å². The number of amides is 2. The topological polar surface area (TPSA) is 52.7 Å². The summed E-state index contributed by atoms with van der Waals surface area (Å²) in [5.41, 5.74) is -1.13. The zero-order valence-electron chi connectivity index (χ0n) is 14.7. The first-order chi connectivity index (χ1) is 11.6. The molecule has 0 aromatic heterocycles. The summed E-state index contributed by atoms with van der Waals surface area (Å²) < 4.78 is 39.4. The second-order valence-corrected chi connectivity index (χ2v) is 5.94. The van der Waals surface area contributed by atoms with Crippen molar-refractivity contribution in [2.75, 3.05) is 38.6 Å². The third kappa shape index (κ3) is 7.13. The van der Waals surface area contributed by atoms with Crippen molar-refractivity contribution < 1.29 is 22.8 Å². The van der Waals surface area contributed by atoms with Crippen LogP contribution in [0.15, 0.2) is 24.3 Å². The molecule has 0 aliphatic rings. The van der Waals surface area contributed by atoms with Crippen molar-refractivity contribution in [2.45, 2.75) is 25.9 Å². The quantitative estimate of drug-likeness (QED) is 0.726. The largest absolute Gasteiger partial charge is 0.418 e. The Labute approximate surface area is 145 Å². The summed E-state index contributed by atoms with van der Waals surface area (Å²) in [6.07, 6.45) is -3.86. The average molecular weight is 359 g/mol. The van der Waals surface area contributed by atoms with Crippen LogP contribution in [-0.4, -0.2) is 50.4 Å². The van der Waals surface area contributed by atoms with Gasteiger partial charge in [-0.05, 0) is 39.2 Å². The lowest BCUT2D eigenvalue weighted by Gasteiger charge is -2.24. The Morgan fingerprint density at radius 1 is 1.12 bits per heavy atom. The molecule has 5 nitrogen and oxygen atoms in total. The van der Waals surface area contributed by atoms with Crippen LogP contribution >= 0.6 is 0 Å². The first kappa shape index (κ1) is 21.0. The molecule has 0 unspecified atom stereocenters. The molecule has 0 aliphatic heterocycles. The maximum Gasteiger partial charge on any atom is 0.418 e. The summed E-state index contributed by atoms with van der Waals surface area (Å²) in [6.45, 7) is 2.37. The van der Waals surface area contributed by atoms with Crippen molar-refractivity contribution in [2.24, 2.45) is 0 Å². The summed E-state index contributed by atoms with van der Waals surface area (Å²) in [4.78, 5) is 26.6. The minimum Gasteiger partial charge on any atom is -0.356 e. The highest BCUT2D eigenvalue weighted by Gasteiger charge is 2.35. The van der Waals surface area contributed by atoms with Crippen LogP contribution in [0.2, 0.25) is 0 Å². The second-order valence-electron chi connectivity index (χ2n) is 5.94. The molecule has 0 atom stereocenters. The summed E-state index contributed by atoms with van der Waals surface area (Å²) in [7, 11) is 3.84. The number of anilines is 1. The van der Waals surface area contributed by atoms with Gasteiger partial charge in [-0.1, -0.05) is 12.1 Å². The fourth-order valence-corrected chi connectivity index (χ4v) is 2.32. The maximum atomic E-state index is 13.1. The van der Waals surface area contributed by atoms with Gasteiger partial charge in [-0.15, -0.1) is 0 Å². The Morgan fingerprint density at radius 2 is 1.76 bits per heavy atom. The van der Waals surface area contributed by atoms with Crippen molar-refractivity contribution in [3.8, 4) is 0 Å². The van der Waals surface area contributed by atoms with Crippen molar-refractivity contribution in [3.63, 3.8) is 0 Å². The molecule has 1 N–H and O–H groups in total. The molecule has 1 aromatic rings. The van der Waals surface area contributed by atoms with Crippen LogP contribution in [0.4, 0.5) is 18.9 Å². The van der Waals surface area contributed by atoms with E-state index in [1.54, 1.807) is 0 Å². The molecule has 25 heavy (non-hydrogen) atoms. The normalized spacial score (nSPS) is 11.5. The number of alkyl halides is 3. The van der Waals surface area contributed by atoms with Gasteiger partial charge in [0.15, 0.2) is 0 Å². The standard InChI is InChI=1S/C17H24F3N3O2/c1-13(24)23(12-9-16(25)21-10-6-11-22(2)3)15-8-5-4-7-14(15)17(18,19)20/h4-5,7-8H,6,9-12H2,1-3H3,(H,21,25). The molecule has 0 aliphatic carbocycles. The fourth-order valence-electron chi connectivity index (χ4n) is 2.32. The van der Waals surface area contributed by atoms with Crippen LogP contribution in [0.1, 0.15) is 25.3 Å². The molecule has 0 saturated heterocycles. The number of rotatable bonds is 8. The van der Waals surface area contributed by atoms with Crippen LogP contribution in [0, 0.1) is 0 Å². The Kier molecular flexibility index (Phi) is 7.89. The Bertz CT molecular complexity index is 589. The van der Waals surface area contributed by atoms with Gasteiger partial charge in [-0.3, -0.25) is 9.59 Å². The van der Waals surface area contributed by atoms with E-state index in [1.807, 2.05) is 19.0 Å². The average Bonchev–Trinajstić information content (AvgIpc) is 2.50. The van der Waals surface area contributed by atoms with E-state index in [0.717, 1.165) is 23.9 Å². The van der Waals surface area contributed by atoms with Crippen molar-refractivity contribution >= 4 is 17.5 Å². The third-order valence-corrected chi connectivity index (χ3v) is 3.55. The van der Waals surface area contributed by atoms with Gasteiger partial charge < -0.3 is 15.1 Å². The van der Waals surface area contributed by atoms with Gasteiger partial charge in [0.2, 0.25) is 11.8 Å². The molecule has 1 rings (SSSR count). The van der Waals surface area contributed by atoms with Gasteiger partial charge in [-0.25, -0.2) is 0 Å². The van der Waals surface area contributed by atoms with Crippen molar-refractivity contribution in [3.05, 3.63) is 29.8 Å². The number of nitrogens with zero attached hydrogens (tertiary/aromatic N) is 2. The second kappa shape index (κ2) is 9.41. The van der Waals surface area contributed by atoms with Gasteiger partial charge in [-0.2, -0.15) is 13.2 Å². The number of hydrogen-bond acceptors (Lipinski definition) is 3. The van der Waals surface area contributed by atoms with Gasteiger partial charge in [0, 0.05) is 26.4 Å². The number of nitrogens with one attached hydrogen (secondary N) is 1. The molecule has 1 aromatic carbocycles. The predicted octanol–water partition coefficient (Wildman–Crippen LogP) is 2.52. The number of hydrogen-bond donors (Lipinski definition) is 1. The van der Waals surface area contributed by atoms with Crippen molar-refractivity contribution in [1.82, 2.24) is 10.2 Å². The first-order valence-electron chi connectivity index (χ1n) is 7.98. The van der Waals surface area contributed by atoms with Gasteiger partial charge in [0.05, 0.1) is 11.3 Å². The Hall–Kier alpha value is -2.09. The monoisotopic (exact) mass is 359 g/mol. The SMILES string of the molecule is CC(=O)N(CCC(=O)NCCCN(C)C)c1ccccc1C(F)(F)F. The van der Waals surface area contributed by atoms with Gasteiger partial charge in [0.1, 0.15) is 0 Å². The van der Waals surface area contributed by atoms with Gasteiger partial charge >= 0.3 is 6.18 Å². The van der Waals surface area contributed by atoms with Crippen LogP contribution in [0.5, 0.6) is 0 Å². The molecule has 140 valence electrons. The molecular formula is C17H24F3N3O2. The molecule has 0 fully saturated rings. The Morgan fingerprint density at radius 3 is 2.32 bits per heavy atom. The van der Waals surface area contributed by atoms with E-state index in [2.05, 4.69) is 5.32 Å². The summed E-state index contributed by atoms with van der Waals surface area (Å²) >= 11 is 0. The number of para-hydroxylation sites is 1. The summed E-state index contributed by atoms with van der Waals surface area (Å²) in [6, 6.07) is 4.86. The highest BCUT2D eigenvalue weighted by Crippen LogP contribution is 2.36. The molecule has 2 amide bonds. The first-order valence-corrected chi connectivity index (χ1v) is 7.98. The van der Waals surface area contributed by atoms with Crippen LogP contribution in [0.25, 0.3) is 0 Å². The van der Waals surface area contributed by atoms with E-state index in [-0.39, 0.29) is 24.6 Å². The summed E-state index contributed by atoms with van der Waals surface area (Å²) in [5.74, 6) is -0.841. The van der Waals surface area contributed by atoms with Crippen molar-refractivity contribution in [1.29, 1.82) is 0 Å². The lowest BCUT2D eigenvalue weighted by molar-refractivity contribution is -0.137. The highest BCUT2D eigenvalue weighted by molar-refractivity contribution is 5.93. The predicted molar refractivity (Wildman–Crippen MR) is 90.3 cm³/mol. The van der Waals surface area contributed by atoms with E-state index in [4.69, 9.17) is 0 Å². The van der Waals surface area contributed by atoms with Crippen LogP contribution in [-0.2, 0) is 15.8 Å². The third-order valence-electron chi connectivity index (χ3n) is 3.55. The minimum absolute atomic E-state index is 0.0618. The molecule has 0 spiro atoms. The number of carbonyl (C=O) groups excluding carboxylic acids is 2. The minimum atomic E-state index is -4.57. The maximum absolute atomic E-state index is 13.1. The molecule has 0 saturated carbocycles. The van der Waals surface area contributed by atoms with E-state index < -0.39 is 17.6 Å².